The summed E-state index contributed by atoms with van der Waals surface area (Å²) in [6, 6.07) is 8.91. The molecular weight excluding hydrogens is 647 g/mol. The molecular formula is C35H44F3N11O. The van der Waals surface area contributed by atoms with Crippen molar-refractivity contribution in [1.29, 1.82) is 0 Å². The summed E-state index contributed by atoms with van der Waals surface area (Å²) in [7, 11) is 0. The van der Waals surface area contributed by atoms with Gasteiger partial charge in [0, 0.05) is 48.8 Å². The van der Waals surface area contributed by atoms with Crippen LogP contribution in [0.4, 0.5) is 24.7 Å². The molecule has 5 aromatic rings. The van der Waals surface area contributed by atoms with E-state index >= 15 is 0 Å². The summed E-state index contributed by atoms with van der Waals surface area (Å²) in [6.07, 6.45) is 8.94. The summed E-state index contributed by atoms with van der Waals surface area (Å²) < 4.78 is 45.2. The van der Waals surface area contributed by atoms with Crippen LogP contribution in [-0.2, 0) is 19.1 Å². The highest BCUT2D eigenvalue weighted by Crippen LogP contribution is 2.37. The molecule has 0 aliphatic heterocycles. The number of alkyl halides is 3. The zero-order valence-electron chi connectivity index (χ0n) is 28.1. The number of carbonyl (C=O) groups excluding carboxylic acids is 1. The standard InChI is InChI=1S/C35H44F3N11O/c1-2-26-20-27(9-10-28(26)34(50)44-17-7-16-41-13-4-3-12-40-15-6-11-39)46-32-33-45-22-30(49(33)19-18-43-32)29-24-48(47-31(29)35(36,37)38)23-25-8-5-14-42-21-25/h5,8-10,14,18-22,24,40-41H,2-4,6-7,11-13,15-17,23,39H2,1H3,(H,43,46)(H,44,50). The van der Waals surface area contributed by atoms with Crippen LogP contribution in [0.25, 0.3) is 16.9 Å². The maximum Gasteiger partial charge on any atom is 0.435 e. The number of aryl methyl sites for hydroxylation is 1. The smallest absolute Gasteiger partial charge is 0.352 e. The third-order valence-electron chi connectivity index (χ3n) is 8.13. The van der Waals surface area contributed by atoms with E-state index in [4.69, 9.17) is 5.73 Å². The van der Waals surface area contributed by atoms with Crippen LogP contribution < -0.4 is 27.0 Å². The SMILES string of the molecule is CCc1cc(Nc2nccn3c(-c4cn(Cc5cccnc5)nc4C(F)(F)F)cnc23)ccc1C(=O)NCCCNCCCCNCCCN. The van der Waals surface area contributed by atoms with Crippen LogP contribution in [0.5, 0.6) is 0 Å². The number of benzene rings is 1. The van der Waals surface area contributed by atoms with Gasteiger partial charge in [-0.05, 0) is 100 Å². The van der Waals surface area contributed by atoms with Gasteiger partial charge in [-0.25, -0.2) is 9.97 Å². The largest absolute Gasteiger partial charge is 0.435 e. The van der Waals surface area contributed by atoms with Crippen LogP contribution in [0, 0.1) is 0 Å². The molecule has 0 bridgehead atoms. The van der Waals surface area contributed by atoms with E-state index in [1.165, 1.54) is 23.3 Å². The molecule has 0 radical (unpaired) electrons. The van der Waals surface area contributed by atoms with E-state index in [-0.39, 0.29) is 23.7 Å². The van der Waals surface area contributed by atoms with Gasteiger partial charge in [0.05, 0.1) is 24.0 Å². The minimum Gasteiger partial charge on any atom is -0.352 e. The molecule has 0 aliphatic rings. The van der Waals surface area contributed by atoms with Gasteiger partial charge in [-0.2, -0.15) is 18.3 Å². The molecule has 15 heteroatoms. The zero-order chi connectivity index (χ0) is 35.3. The highest BCUT2D eigenvalue weighted by molar-refractivity contribution is 5.96. The van der Waals surface area contributed by atoms with Gasteiger partial charge in [-0.1, -0.05) is 13.0 Å². The maximum absolute atomic E-state index is 14.1. The molecule has 0 unspecified atom stereocenters. The molecule has 0 atom stereocenters. The highest BCUT2D eigenvalue weighted by atomic mass is 19.4. The fourth-order valence-corrected chi connectivity index (χ4v) is 5.59. The van der Waals surface area contributed by atoms with Crippen molar-refractivity contribution in [3.05, 3.63) is 89.9 Å². The Kier molecular flexibility index (Phi) is 12.9. The number of aromatic nitrogens is 6. The Morgan fingerprint density at radius 1 is 0.940 bits per heavy atom. The van der Waals surface area contributed by atoms with Crippen LogP contribution in [0.3, 0.4) is 0 Å². The van der Waals surface area contributed by atoms with Gasteiger partial charge in [0.15, 0.2) is 17.2 Å². The van der Waals surface area contributed by atoms with E-state index in [0.29, 0.717) is 42.2 Å². The summed E-state index contributed by atoms with van der Waals surface area (Å²) in [5.41, 5.74) is 7.76. The van der Waals surface area contributed by atoms with Crippen LogP contribution in [-0.4, -0.2) is 74.3 Å². The molecule has 0 saturated heterocycles. The zero-order valence-corrected chi connectivity index (χ0v) is 28.1. The summed E-state index contributed by atoms with van der Waals surface area (Å²) in [5, 5.41) is 16.9. The van der Waals surface area contributed by atoms with Gasteiger partial charge in [0.25, 0.3) is 5.91 Å². The van der Waals surface area contributed by atoms with Crippen molar-refractivity contribution in [2.75, 3.05) is 44.6 Å². The van der Waals surface area contributed by atoms with Gasteiger partial charge in [-0.3, -0.25) is 18.9 Å². The number of carbonyl (C=O) groups is 1. The Bertz CT molecular complexity index is 1820. The van der Waals surface area contributed by atoms with Crippen molar-refractivity contribution in [1.82, 2.24) is 45.1 Å². The molecule has 1 amide bonds. The quantitative estimate of drug-likeness (QED) is 0.0770. The van der Waals surface area contributed by atoms with Gasteiger partial charge < -0.3 is 27.0 Å². The number of rotatable bonds is 19. The second-order valence-electron chi connectivity index (χ2n) is 11.9. The number of anilines is 2. The second-order valence-corrected chi connectivity index (χ2v) is 11.9. The van der Waals surface area contributed by atoms with Gasteiger partial charge >= 0.3 is 6.18 Å². The third kappa shape index (κ3) is 9.64. The summed E-state index contributed by atoms with van der Waals surface area (Å²) in [4.78, 5) is 25.9. The van der Waals surface area contributed by atoms with Crippen LogP contribution >= 0.6 is 0 Å². The van der Waals surface area contributed by atoms with Crippen LogP contribution in [0.2, 0.25) is 0 Å². The minimum atomic E-state index is -4.68. The molecule has 50 heavy (non-hydrogen) atoms. The average molecular weight is 692 g/mol. The predicted octanol–water partition coefficient (Wildman–Crippen LogP) is 4.79. The predicted molar refractivity (Wildman–Crippen MR) is 187 cm³/mol. The van der Waals surface area contributed by atoms with Crippen LogP contribution in [0.15, 0.2) is 67.5 Å². The number of fused-ring (bicyclic) bond motifs is 1. The van der Waals surface area contributed by atoms with Gasteiger partial charge in [0.1, 0.15) is 0 Å². The number of nitrogens with zero attached hydrogens (tertiary/aromatic N) is 6. The van der Waals surface area contributed by atoms with E-state index in [2.05, 4.69) is 41.3 Å². The number of nitrogens with two attached hydrogens (primary N) is 1. The lowest BCUT2D eigenvalue weighted by Gasteiger charge is -2.13. The van der Waals surface area contributed by atoms with Crippen molar-refractivity contribution in [3.8, 4) is 11.3 Å². The maximum atomic E-state index is 14.1. The van der Waals surface area contributed by atoms with Gasteiger partial charge in [-0.15, -0.1) is 0 Å². The molecule has 1 aromatic carbocycles. The monoisotopic (exact) mass is 691 g/mol. The Hall–Kier alpha value is -4.86. The molecule has 4 heterocycles. The molecule has 266 valence electrons. The molecule has 5 rings (SSSR count). The first kappa shape index (κ1) is 36.4. The Morgan fingerprint density at radius 2 is 1.72 bits per heavy atom. The molecule has 0 saturated carbocycles. The summed E-state index contributed by atoms with van der Waals surface area (Å²) in [5.74, 6) is 0.212. The molecule has 6 N–H and O–H groups in total. The number of amides is 1. The number of nitrogens with one attached hydrogen (secondary N) is 4. The second kappa shape index (κ2) is 17.7. The Morgan fingerprint density at radius 3 is 2.44 bits per heavy atom. The molecule has 0 spiro atoms. The lowest BCUT2D eigenvalue weighted by atomic mass is 10.0. The van der Waals surface area contributed by atoms with E-state index in [9.17, 15) is 18.0 Å². The van der Waals surface area contributed by atoms with Crippen molar-refractivity contribution in [2.24, 2.45) is 5.73 Å². The van der Waals surface area contributed by atoms with Crippen molar-refractivity contribution in [3.63, 3.8) is 0 Å². The first-order chi connectivity index (χ1) is 24.3. The molecule has 0 fully saturated rings. The lowest BCUT2D eigenvalue weighted by Crippen LogP contribution is -2.28. The van der Waals surface area contributed by atoms with Crippen molar-refractivity contribution < 1.29 is 18.0 Å². The third-order valence-corrected chi connectivity index (χ3v) is 8.13. The number of imidazole rings is 1. The molecule has 12 nitrogen and oxygen atoms in total. The highest BCUT2D eigenvalue weighted by Gasteiger charge is 2.38. The Labute approximate surface area is 289 Å². The topological polar surface area (TPSA) is 152 Å². The number of halogens is 3. The Balaban J connectivity index is 1.21. The number of hydrogen-bond acceptors (Lipinski definition) is 9. The van der Waals surface area contributed by atoms with Gasteiger partial charge in [0.2, 0.25) is 0 Å². The van der Waals surface area contributed by atoms with Crippen molar-refractivity contribution >= 4 is 23.1 Å². The number of hydrogen-bond donors (Lipinski definition) is 5. The molecule has 4 aromatic heterocycles. The first-order valence-electron chi connectivity index (χ1n) is 16.9. The van der Waals surface area contributed by atoms with E-state index in [1.807, 2.05) is 13.0 Å². The lowest BCUT2D eigenvalue weighted by molar-refractivity contribution is -0.141. The number of unbranched alkanes of at least 4 members (excludes halogenated alkanes) is 1. The fourth-order valence-electron chi connectivity index (χ4n) is 5.59. The first-order valence-corrected chi connectivity index (χ1v) is 16.9. The average Bonchev–Trinajstić information content (AvgIpc) is 3.74. The minimum absolute atomic E-state index is 0.104. The van der Waals surface area contributed by atoms with Crippen LogP contribution in [0.1, 0.15) is 59.8 Å². The summed E-state index contributed by atoms with van der Waals surface area (Å²) in [6.45, 7) is 7.09. The van der Waals surface area contributed by atoms with E-state index in [0.717, 1.165) is 63.0 Å². The number of pyridine rings is 1. The summed E-state index contributed by atoms with van der Waals surface area (Å²) >= 11 is 0. The normalized spacial score (nSPS) is 11.7. The fraction of sp³-hybridized carbons (Fsp3) is 0.400. The van der Waals surface area contributed by atoms with Crippen molar-refractivity contribution in [2.45, 2.75) is 51.7 Å². The molecule has 0 aliphatic carbocycles. The van der Waals surface area contributed by atoms with E-state index in [1.54, 1.807) is 47.3 Å². The van der Waals surface area contributed by atoms with E-state index < -0.39 is 11.9 Å².